The highest BCUT2D eigenvalue weighted by molar-refractivity contribution is 7.90. The second-order valence-electron chi connectivity index (χ2n) is 8.10. The Kier molecular flexibility index (Phi) is 6.16. The first kappa shape index (κ1) is 25.4. The SMILES string of the molecule is Cc1c(C(F)(F)F)nnc(Oc2ncc(C3(O)CC3)c(F)n2)c1C(=O)Nc1cccc(S(C)(=O)=O)c1. The van der Waals surface area contributed by atoms with Crippen LogP contribution in [0.3, 0.4) is 0 Å². The van der Waals surface area contributed by atoms with Crippen molar-refractivity contribution in [1.82, 2.24) is 20.2 Å². The number of hydrogen-bond acceptors (Lipinski definition) is 9. The average Bonchev–Trinajstić information content (AvgIpc) is 3.50. The molecular weight excluding hydrogens is 510 g/mol. The Balaban J connectivity index is 1.73. The lowest BCUT2D eigenvalue weighted by molar-refractivity contribution is -0.142. The Morgan fingerprint density at radius 1 is 1.22 bits per heavy atom. The Hall–Kier alpha value is -3.72. The van der Waals surface area contributed by atoms with Gasteiger partial charge in [0.25, 0.3) is 11.8 Å². The molecule has 0 saturated heterocycles. The molecule has 2 heterocycles. The smallest absolute Gasteiger partial charge is 0.403 e. The number of carbonyl (C=O) groups is 1. The zero-order valence-corrected chi connectivity index (χ0v) is 19.4. The first-order valence-corrected chi connectivity index (χ1v) is 12.1. The minimum atomic E-state index is -4.97. The molecule has 10 nitrogen and oxygen atoms in total. The summed E-state index contributed by atoms with van der Waals surface area (Å²) < 4.78 is 83.5. The number of carbonyl (C=O) groups excluding carboxylic acids is 1. The van der Waals surface area contributed by atoms with Gasteiger partial charge in [-0.1, -0.05) is 6.07 Å². The number of ether oxygens (including phenoxy) is 1. The quantitative estimate of drug-likeness (QED) is 0.365. The molecule has 2 aromatic heterocycles. The summed E-state index contributed by atoms with van der Waals surface area (Å²) >= 11 is 0. The summed E-state index contributed by atoms with van der Waals surface area (Å²) in [5, 5.41) is 18.8. The van der Waals surface area contributed by atoms with Crippen molar-refractivity contribution < 1.29 is 40.6 Å². The van der Waals surface area contributed by atoms with Gasteiger partial charge in [-0.25, -0.2) is 13.4 Å². The van der Waals surface area contributed by atoms with Crippen LogP contribution < -0.4 is 10.1 Å². The Labute approximate surface area is 201 Å². The molecule has 1 aliphatic rings. The Morgan fingerprint density at radius 2 is 1.92 bits per heavy atom. The van der Waals surface area contributed by atoms with E-state index in [-0.39, 0.29) is 16.1 Å². The molecule has 3 aromatic rings. The van der Waals surface area contributed by atoms with Gasteiger partial charge in [0.15, 0.2) is 15.5 Å². The molecule has 1 saturated carbocycles. The lowest BCUT2D eigenvalue weighted by atomic mass is 10.1. The molecular formula is C21H17F4N5O5S. The highest BCUT2D eigenvalue weighted by Gasteiger charge is 2.45. The second kappa shape index (κ2) is 8.74. The number of nitrogens with one attached hydrogen (secondary N) is 1. The number of anilines is 1. The van der Waals surface area contributed by atoms with Crippen molar-refractivity contribution >= 4 is 21.4 Å². The molecule has 1 aromatic carbocycles. The molecule has 0 radical (unpaired) electrons. The maximum Gasteiger partial charge on any atom is 0.435 e. The number of rotatable bonds is 6. The van der Waals surface area contributed by atoms with Crippen molar-refractivity contribution in [1.29, 1.82) is 0 Å². The maximum atomic E-state index is 14.4. The molecule has 1 aliphatic carbocycles. The van der Waals surface area contributed by atoms with E-state index in [1.807, 2.05) is 0 Å². The zero-order valence-electron chi connectivity index (χ0n) is 18.6. The van der Waals surface area contributed by atoms with Crippen LogP contribution in [0.2, 0.25) is 0 Å². The van der Waals surface area contributed by atoms with Crippen LogP contribution in [0.25, 0.3) is 0 Å². The monoisotopic (exact) mass is 527 g/mol. The van der Waals surface area contributed by atoms with Gasteiger partial charge in [0, 0.05) is 18.1 Å². The van der Waals surface area contributed by atoms with Crippen LogP contribution in [0.15, 0.2) is 35.4 Å². The predicted octanol–water partition coefficient (Wildman–Crippen LogP) is 3.16. The fraction of sp³-hybridized carbons (Fsp3) is 0.286. The number of aromatic nitrogens is 4. The van der Waals surface area contributed by atoms with Crippen molar-refractivity contribution in [3.05, 3.63) is 58.8 Å². The fourth-order valence-corrected chi connectivity index (χ4v) is 3.95. The number of halogens is 4. The number of benzene rings is 1. The summed E-state index contributed by atoms with van der Waals surface area (Å²) in [7, 11) is -3.64. The Morgan fingerprint density at radius 3 is 2.50 bits per heavy atom. The fourth-order valence-electron chi connectivity index (χ4n) is 3.29. The molecule has 2 N–H and O–H groups in total. The zero-order chi connectivity index (χ0) is 26.5. The van der Waals surface area contributed by atoms with Crippen LogP contribution >= 0.6 is 0 Å². The first-order valence-electron chi connectivity index (χ1n) is 10.2. The van der Waals surface area contributed by atoms with E-state index in [2.05, 4.69) is 25.5 Å². The summed E-state index contributed by atoms with van der Waals surface area (Å²) in [6, 6.07) is 4.34. The maximum absolute atomic E-state index is 14.4. The lowest BCUT2D eigenvalue weighted by Gasteiger charge is -2.16. The minimum Gasteiger partial charge on any atom is -0.403 e. The van der Waals surface area contributed by atoms with Crippen LogP contribution in [-0.2, 0) is 21.6 Å². The van der Waals surface area contributed by atoms with Crippen molar-refractivity contribution in [3.8, 4) is 11.9 Å². The van der Waals surface area contributed by atoms with Crippen LogP contribution in [0.5, 0.6) is 11.9 Å². The highest BCUT2D eigenvalue weighted by Crippen LogP contribution is 2.46. The molecule has 0 atom stereocenters. The van der Waals surface area contributed by atoms with Gasteiger partial charge >= 0.3 is 12.2 Å². The van der Waals surface area contributed by atoms with Gasteiger partial charge in [-0.2, -0.15) is 22.5 Å². The van der Waals surface area contributed by atoms with Crippen LogP contribution in [0.4, 0.5) is 23.2 Å². The van der Waals surface area contributed by atoms with E-state index >= 15 is 0 Å². The highest BCUT2D eigenvalue weighted by atomic mass is 32.2. The number of sulfone groups is 1. The average molecular weight is 527 g/mol. The molecule has 4 rings (SSSR count). The van der Waals surface area contributed by atoms with Gasteiger partial charge < -0.3 is 15.2 Å². The summed E-state index contributed by atoms with van der Waals surface area (Å²) in [6.07, 6.45) is -2.45. The van der Waals surface area contributed by atoms with Gasteiger partial charge in [-0.15, -0.1) is 10.2 Å². The number of nitrogens with zero attached hydrogens (tertiary/aromatic N) is 4. The van der Waals surface area contributed by atoms with Gasteiger partial charge in [0.2, 0.25) is 5.95 Å². The number of aliphatic hydroxyl groups is 1. The van der Waals surface area contributed by atoms with Crippen molar-refractivity contribution in [3.63, 3.8) is 0 Å². The molecule has 190 valence electrons. The third kappa shape index (κ3) is 5.11. The van der Waals surface area contributed by atoms with Crippen LogP contribution in [-0.4, -0.2) is 45.9 Å². The Bertz CT molecular complexity index is 1480. The summed E-state index contributed by atoms with van der Waals surface area (Å²) in [5.41, 5.74) is -4.44. The molecule has 15 heteroatoms. The number of alkyl halides is 3. The normalized spacial score (nSPS) is 14.9. The van der Waals surface area contributed by atoms with E-state index in [1.54, 1.807) is 0 Å². The summed E-state index contributed by atoms with van der Waals surface area (Å²) in [5.74, 6) is -3.01. The molecule has 0 unspecified atom stereocenters. The number of amides is 1. The van der Waals surface area contributed by atoms with Gasteiger partial charge in [-0.3, -0.25) is 4.79 Å². The molecule has 1 fully saturated rings. The molecule has 0 bridgehead atoms. The van der Waals surface area contributed by atoms with Gasteiger partial charge in [0.1, 0.15) is 5.56 Å². The largest absolute Gasteiger partial charge is 0.435 e. The lowest BCUT2D eigenvalue weighted by Crippen LogP contribution is -2.21. The molecule has 1 amide bonds. The second-order valence-corrected chi connectivity index (χ2v) is 10.1. The molecule has 0 aliphatic heterocycles. The van der Waals surface area contributed by atoms with Crippen molar-refractivity contribution in [2.45, 2.75) is 36.4 Å². The standard InChI is InChI=1S/C21H17F4N5O5S/c1-10-14(17(31)27-11-4-3-5-12(8-11)36(2,33)34)18(30-29-15(10)21(23,24)25)35-19-26-9-13(16(22)28-19)20(32)6-7-20/h3-5,8-9,32H,6-7H2,1-2H3,(H,27,31). The van der Waals surface area contributed by atoms with E-state index in [0.29, 0.717) is 12.8 Å². The summed E-state index contributed by atoms with van der Waals surface area (Å²) in [6.45, 7) is 0.958. The van der Waals surface area contributed by atoms with Crippen LogP contribution in [0, 0.1) is 12.9 Å². The van der Waals surface area contributed by atoms with Gasteiger partial charge in [0.05, 0.1) is 16.1 Å². The van der Waals surface area contributed by atoms with E-state index in [4.69, 9.17) is 4.74 Å². The first-order chi connectivity index (χ1) is 16.7. The number of hydrogen-bond donors (Lipinski definition) is 2. The van der Waals surface area contributed by atoms with Crippen molar-refractivity contribution in [2.75, 3.05) is 11.6 Å². The third-order valence-corrected chi connectivity index (χ3v) is 6.44. The van der Waals surface area contributed by atoms with E-state index in [0.717, 1.165) is 25.4 Å². The molecule has 36 heavy (non-hydrogen) atoms. The minimum absolute atomic E-state index is 0.0389. The third-order valence-electron chi connectivity index (χ3n) is 5.33. The predicted molar refractivity (Wildman–Crippen MR) is 114 cm³/mol. The van der Waals surface area contributed by atoms with E-state index in [1.165, 1.54) is 18.2 Å². The van der Waals surface area contributed by atoms with Crippen molar-refractivity contribution in [2.24, 2.45) is 0 Å². The summed E-state index contributed by atoms with van der Waals surface area (Å²) in [4.78, 5) is 20.1. The topological polar surface area (TPSA) is 144 Å². The van der Waals surface area contributed by atoms with E-state index < -0.39 is 62.2 Å². The van der Waals surface area contributed by atoms with Gasteiger partial charge in [-0.05, 0) is 43.5 Å². The molecule has 0 spiro atoms. The van der Waals surface area contributed by atoms with E-state index in [9.17, 15) is 35.9 Å². The van der Waals surface area contributed by atoms with Crippen LogP contribution in [0.1, 0.15) is 40.0 Å².